The highest BCUT2D eigenvalue weighted by atomic mass is 35.5. The molecule has 0 saturated heterocycles. The average molecular weight is 454 g/mol. The molecule has 0 spiro atoms. The van der Waals surface area contributed by atoms with Crippen LogP contribution in [0.2, 0.25) is 4.34 Å². The van der Waals surface area contributed by atoms with Crippen LogP contribution in [0.3, 0.4) is 0 Å². The molecular weight excluding hydrogens is 438 g/mol. The summed E-state index contributed by atoms with van der Waals surface area (Å²) in [5.74, 6) is -0.206. The maximum absolute atomic E-state index is 12.5. The molecule has 146 valence electrons. The number of halogens is 1. The fourth-order valence-corrected chi connectivity index (χ4v) is 5.06. The van der Waals surface area contributed by atoms with Gasteiger partial charge in [0.05, 0.1) is 21.6 Å². The molecule has 2 aromatic rings. The van der Waals surface area contributed by atoms with Gasteiger partial charge in [-0.3, -0.25) is 24.8 Å². The number of hydrogen-bond acceptors (Lipinski definition) is 7. The highest BCUT2D eigenvalue weighted by Crippen LogP contribution is 2.28. The molecule has 1 atom stereocenters. The molecule has 0 radical (unpaired) electrons. The number of carbonyl (C=O) groups excluding carboxylic acids is 2. The second-order valence-electron chi connectivity index (χ2n) is 5.48. The number of hydrogen-bond donors (Lipinski definition) is 3. The summed E-state index contributed by atoms with van der Waals surface area (Å²) in [6.07, 6.45) is 0. The average Bonchev–Trinajstić information content (AvgIpc) is 3.29. The lowest BCUT2D eigenvalue weighted by Crippen LogP contribution is -2.36. The number of nitrogens with zero attached hydrogens (tertiary/aromatic N) is 2. The van der Waals surface area contributed by atoms with Crippen molar-refractivity contribution < 1.29 is 9.59 Å². The maximum Gasteiger partial charge on any atom is 0.331 e. The smallest absolute Gasteiger partial charge is 0.331 e. The third-order valence-corrected chi connectivity index (χ3v) is 6.66. The van der Waals surface area contributed by atoms with Crippen LogP contribution in [0.1, 0.15) is 15.9 Å². The molecule has 2 heterocycles. The van der Waals surface area contributed by atoms with Gasteiger partial charge in [-0.25, -0.2) is 4.79 Å². The standard InChI is InChI=1S/C17H16ClN5O2S3/c1-19-8-10-4-2-3-5-11(10)15(24)21-13-9-20-17(27-13)22-16(25)23-28-14-7-6-12(18)26-14/h2-7,13H,1,8-9H2,(H,21,24)(H2,20,22,23,25). The van der Waals surface area contributed by atoms with Gasteiger partial charge >= 0.3 is 6.03 Å². The van der Waals surface area contributed by atoms with Gasteiger partial charge in [0.1, 0.15) is 5.37 Å². The van der Waals surface area contributed by atoms with Crippen molar-refractivity contribution >= 4 is 70.5 Å². The van der Waals surface area contributed by atoms with Crippen molar-refractivity contribution in [2.75, 3.05) is 6.54 Å². The van der Waals surface area contributed by atoms with Crippen LogP contribution in [0.25, 0.3) is 0 Å². The van der Waals surface area contributed by atoms with E-state index in [0.29, 0.717) is 28.2 Å². The predicted molar refractivity (Wildman–Crippen MR) is 118 cm³/mol. The van der Waals surface area contributed by atoms with E-state index in [9.17, 15) is 9.59 Å². The second-order valence-corrected chi connectivity index (χ2v) is 9.49. The van der Waals surface area contributed by atoms with Gasteiger partial charge in [0.15, 0.2) is 5.17 Å². The summed E-state index contributed by atoms with van der Waals surface area (Å²) in [6.45, 7) is 4.22. The molecular formula is C17H16ClN5O2S3. The lowest BCUT2D eigenvalue weighted by molar-refractivity contribution is 0.0950. The first-order valence-corrected chi connectivity index (χ1v) is 11.0. The Labute approximate surface area is 179 Å². The summed E-state index contributed by atoms with van der Waals surface area (Å²) in [5.41, 5.74) is 1.36. The van der Waals surface area contributed by atoms with Gasteiger partial charge in [0.25, 0.3) is 5.91 Å². The van der Waals surface area contributed by atoms with E-state index in [0.717, 1.165) is 9.77 Å². The summed E-state index contributed by atoms with van der Waals surface area (Å²) < 4.78 is 4.19. The number of nitrogens with one attached hydrogen (secondary N) is 3. The Morgan fingerprint density at radius 1 is 1.32 bits per heavy atom. The summed E-state index contributed by atoms with van der Waals surface area (Å²) in [4.78, 5) is 32.6. The monoisotopic (exact) mass is 453 g/mol. The lowest BCUT2D eigenvalue weighted by atomic mass is 10.1. The number of aliphatic imine (C=N–C) groups is 2. The fraction of sp³-hybridized carbons (Fsp3) is 0.176. The molecule has 7 nitrogen and oxygen atoms in total. The minimum Gasteiger partial charge on any atom is -0.338 e. The summed E-state index contributed by atoms with van der Waals surface area (Å²) in [6, 6.07) is 10.4. The van der Waals surface area contributed by atoms with Gasteiger partial charge < -0.3 is 5.32 Å². The molecule has 0 aliphatic carbocycles. The summed E-state index contributed by atoms with van der Waals surface area (Å²) >= 11 is 9.69. The fourth-order valence-electron chi connectivity index (χ4n) is 2.32. The van der Waals surface area contributed by atoms with E-state index in [1.807, 2.05) is 18.2 Å². The first kappa shape index (κ1) is 20.7. The van der Waals surface area contributed by atoms with E-state index >= 15 is 0 Å². The molecule has 1 aliphatic rings. The molecule has 3 N–H and O–H groups in total. The largest absolute Gasteiger partial charge is 0.338 e. The number of urea groups is 1. The van der Waals surface area contributed by atoms with E-state index in [2.05, 4.69) is 32.1 Å². The van der Waals surface area contributed by atoms with E-state index in [4.69, 9.17) is 11.6 Å². The zero-order valence-electron chi connectivity index (χ0n) is 14.5. The maximum atomic E-state index is 12.5. The molecule has 28 heavy (non-hydrogen) atoms. The van der Waals surface area contributed by atoms with Crippen molar-refractivity contribution in [3.05, 3.63) is 51.9 Å². The Bertz CT molecular complexity index is 918. The van der Waals surface area contributed by atoms with Gasteiger partial charge in [0.2, 0.25) is 0 Å². The molecule has 0 saturated carbocycles. The van der Waals surface area contributed by atoms with Crippen LogP contribution in [-0.4, -0.2) is 35.7 Å². The van der Waals surface area contributed by atoms with Crippen LogP contribution in [-0.2, 0) is 6.54 Å². The van der Waals surface area contributed by atoms with Gasteiger partial charge in [0, 0.05) is 5.56 Å². The van der Waals surface area contributed by atoms with Crippen LogP contribution in [0.15, 0.2) is 50.6 Å². The first-order valence-electron chi connectivity index (χ1n) is 8.06. The second kappa shape index (κ2) is 9.97. The Morgan fingerprint density at radius 2 is 2.14 bits per heavy atom. The van der Waals surface area contributed by atoms with Crippen molar-refractivity contribution in [3.63, 3.8) is 0 Å². The number of rotatable bonds is 6. The first-order chi connectivity index (χ1) is 13.5. The molecule has 1 aromatic carbocycles. The van der Waals surface area contributed by atoms with Gasteiger partial charge in [-0.1, -0.05) is 41.6 Å². The molecule has 1 aromatic heterocycles. The zero-order chi connectivity index (χ0) is 19.9. The Hall–Kier alpha value is -2.01. The number of carbonyl (C=O) groups is 2. The van der Waals surface area contributed by atoms with Crippen LogP contribution in [0, 0.1) is 0 Å². The SMILES string of the molecule is C=NCc1ccccc1C(=O)NC1CN=C(NC(=O)NSc2ccc(Cl)s2)S1. The van der Waals surface area contributed by atoms with Crippen molar-refractivity contribution in [1.29, 1.82) is 0 Å². The van der Waals surface area contributed by atoms with E-state index < -0.39 is 6.03 Å². The van der Waals surface area contributed by atoms with Gasteiger partial charge in [-0.05, 0) is 42.4 Å². The molecule has 0 bridgehead atoms. The number of benzene rings is 1. The Balaban J connectivity index is 1.46. The predicted octanol–water partition coefficient (Wildman–Crippen LogP) is 3.77. The van der Waals surface area contributed by atoms with Crippen LogP contribution in [0.4, 0.5) is 4.79 Å². The zero-order valence-corrected chi connectivity index (χ0v) is 17.7. The van der Waals surface area contributed by atoms with E-state index in [1.165, 1.54) is 35.0 Å². The highest BCUT2D eigenvalue weighted by molar-refractivity contribution is 8.14. The minimum absolute atomic E-state index is 0.206. The number of amidine groups is 1. The normalized spacial score (nSPS) is 15.6. The Morgan fingerprint density at radius 3 is 2.89 bits per heavy atom. The molecule has 3 rings (SSSR count). The van der Waals surface area contributed by atoms with E-state index in [1.54, 1.807) is 18.2 Å². The number of thiophene rings is 1. The van der Waals surface area contributed by atoms with Crippen LogP contribution < -0.4 is 15.4 Å². The lowest BCUT2D eigenvalue weighted by Gasteiger charge is -2.13. The van der Waals surface area contributed by atoms with Crippen LogP contribution >= 0.6 is 46.6 Å². The van der Waals surface area contributed by atoms with Crippen molar-refractivity contribution in [3.8, 4) is 0 Å². The quantitative estimate of drug-likeness (QED) is 0.458. The summed E-state index contributed by atoms with van der Waals surface area (Å²) in [5, 5.41) is 5.78. The van der Waals surface area contributed by atoms with Crippen LogP contribution in [0.5, 0.6) is 0 Å². The molecule has 1 unspecified atom stereocenters. The third-order valence-electron chi connectivity index (χ3n) is 3.50. The van der Waals surface area contributed by atoms with Crippen molar-refractivity contribution in [1.82, 2.24) is 15.4 Å². The summed E-state index contributed by atoms with van der Waals surface area (Å²) in [7, 11) is 0. The topological polar surface area (TPSA) is 94.9 Å². The molecule has 1 aliphatic heterocycles. The number of amides is 3. The Kier molecular flexibility index (Phi) is 7.37. The van der Waals surface area contributed by atoms with Crippen molar-refractivity contribution in [2.24, 2.45) is 9.98 Å². The molecule has 11 heteroatoms. The highest BCUT2D eigenvalue weighted by Gasteiger charge is 2.24. The minimum atomic E-state index is -0.393. The van der Waals surface area contributed by atoms with Gasteiger partial charge in [-0.15, -0.1) is 11.3 Å². The molecule has 0 fully saturated rings. The third kappa shape index (κ3) is 5.74. The van der Waals surface area contributed by atoms with Gasteiger partial charge in [-0.2, -0.15) is 0 Å². The number of thioether (sulfide) groups is 1. The van der Waals surface area contributed by atoms with E-state index in [-0.39, 0.29) is 11.3 Å². The van der Waals surface area contributed by atoms with Crippen molar-refractivity contribution in [2.45, 2.75) is 16.1 Å². The molecule has 3 amide bonds.